The predicted octanol–water partition coefficient (Wildman–Crippen LogP) is 6.03. The molecule has 8 nitrogen and oxygen atoms in total. The molecule has 2 aromatic heterocycles. The Balaban J connectivity index is 0.00000423. The van der Waals surface area contributed by atoms with Crippen LogP contribution in [-0.4, -0.2) is 77.2 Å². The summed E-state index contributed by atoms with van der Waals surface area (Å²) in [7, 11) is 0. The molecule has 0 saturated carbocycles. The van der Waals surface area contributed by atoms with E-state index in [9.17, 15) is 9.59 Å². The molecule has 0 aliphatic carbocycles. The van der Waals surface area contributed by atoms with Crippen LogP contribution in [0.5, 0.6) is 5.75 Å². The van der Waals surface area contributed by atoms with E-state index in [4.69, 9.17) is 14.2 Å². The van der Waals surface area contributed by atoms with Crippen molar-refractivity contribution in [1.29, 1.82) is 0 Å². The average Bonchev–Trinajstić information content (AvgIpc) is 3.41. The Morgan fingerprint density at radius 3 is 2.30 bits per heavy atom. The zero-order chi connectivity index (χ0) is 29.8. The minimum atomic E-state index is -0.620. The van der Waals surface area contributed by atoms with Gasteiger partial charge in [-0.2, -0.15) is 0 Å². The third kappa shape index (κ3) is 7.33. The Morgan fingerprint density at radius 1 is 0.977 bits per heavy atom. The molecule has 0 atom stereocenters. The van der Waals surface area contributed by atoms with Crippen LogP contribution in [-0.2, 0) is 19.4 Å². The van der Waals surface area contributed by atoms with Crippen molar-refractivity contribution in [3.05, 3.63) is 111 Å². The van der Waals surface area contributed by atoms with Crippen LogP contribution in [0.4, 0.5) is 4.39 Å². The van der Waals surface area contributed by atoms with Crippen molar-refractivity contribution in [1.82, 2.24) is 19.7 Å². The molecule has 0 unspecified atom stereocenters. The van der Waals surface area contributed by atoms with Crippen molar-refractivity contribution in [2.45, 2.75) is 59.6 Å². The maximum atomic E-state index is 15.4. The van der Waals surface area contributed by atoms with Crippen LogP contribution in [0.3, 0.4) is 0 Å². The Hall–Kier alpha value is -3.15. The van der Waals surface area contributed by atoms with Gasteiger partial charge in [0, 0.05) is 75.0 Å². The number of aryl methyl sites for hydroxylation is 2. The number of ether oxygens (including phenoxy) is 1. The van der Waals surface area contributed by atoms with Gasteiger partial charge < -0.3 is 4.74 Å². The molecule has 0 saturated heterocycles. The van der Waals surface area contributed by atoms with E-state index >= 15 is 4.39 Å². The van der Waals surface area contributed by atoms with Crippen molar-refractivity contribution >= 4 is 51.4 Å². The number of aromatic amines is 1. The zero-order valence-electron chi connectivity index (χ0n) is 25.1. The first kappa shape index (κ1) is 32.8. The molecule has 1 radical (unpaired) electrons. The fraction of sp³-hybridized carbons (Fsp3) is 0.273. The SMILES string of the molecule is CCCc1nc(CC)c(-c2ccc(OC(C)C)cc2F)c(=O)n1Cc1ccc(-c2ccccc2-c2noc(=O)[nH]2)cc1.[K]. The number of H-pyrrole nitrogens is 1. The summed E-state index contributed by atoms with van der Waals surface area (Å²) in [6.07, 6.45) is 1.83. The van der Waals surface area contributed by atoms with Crippen molar-refractivity contribution in [3.63, 3.8) is 0 Å². The second kappa shape index (κ2) is 14.5. The smallest absolute Gasteiger partial charge is 0.439 e. The normalized spacial score (nSPS) is 11.0. The maximum Gasteiger partial charge on any atom is 0.439 e. The fourth-order valence-corrected chi connectivity index (χ4v) is 5.06. The first-order valence-corrected chi connectivity index (χ1v) is 14.1. The molecule has 3 aromatic carbocycles. The quantitative estimate of drug-likeness (QED) is 0.195. The summed E-state index contributed by atoms with van der Waals surface area (Å²) >= 11 is 0. The molecule has 43 heavy (non-hydrogen) atoms. The predicted molar refractivity (Wildman–Crippen MR) is 166 cm³/mol. The second-order valence-electron chi connectivity index (χ2n) is 10.3. The molecule has 0 aliphatic rings. The van der Waals surface area contributed by atoms with E-state index in [2.05, 4.69) is 10.1 Å². The van der Waals surface area contributed by atoms with E-state index in [1.807, 2.05) is 76.2 Å². The van der Waals surface area contributed by atoms with Gasteiger partial charge in [0.05, 0.1) is 23.9 Å². The van der Waals surface area contributed by atoms with Gasteiger partial charge >= 0.3 is 5.76 Å². The van der Waals surface area contributed by atoms with Crippen molar-refractivity contribution in [3.8, 4) is 39.4 Å². The van der Waals surface area contributed by atoms with Crippen LogP contribution in [0.2, 0.25) is 0 Å². The van der Waals surface area contributed by atoms with Gasteiger partial charge in [-0.15, -0.1) is 0 Å². The molecule has 0 aliphatic heterocycles. The third-order valence-corrected chi connectivity index (χ3v) is 6.94. The monoisotopic (exact) mass is 607 g/mol. The zero-order valence-corrected chi connectivity index (χ0v) is 28.2. The number of aromatic nitrogens is 4. The minimum absolute atomic E-state index is 0. The number of hydrogen-bond acceptors (Lipinski definition) is 6. The number of nitrogens with zero attached hydrogens (tertiary/aromatic N) is 3. The van der Waals surface area contributed by atoms with E-state index in [0.29, 0.717) is 35.9 Å². The molecule has 217 valence electrons. The third-order valence-electron chi connectivity index (χ3n) is 6.94. The first-order valence-electron chi connectivity index (χ1n) is 14.1. The van der Waals surface area contributed by atoms with E-state index in [1.54, 1.807) is 16.7 Å². The standard InChI is InChI=1S/C33H33FN4O4.K/c1-5-9-29-35-28(6-2)30(26-17-16-23(18-27(26)34)41-20(3)4)32(39)38(29)19-21-12-14-22(15-13-21)24-10-7-8-11-25(24)31-36-33(40)42-37-31;/h7-8,10-18,20H,5-6,9,19H2,1-4H3,(H,36,37,40);. The van der Waals surface area contributed by atoms with Gasteiger partial charge in [-0.25, -0.2) is 14.2 Å². The van der Waals surface area contributed by atoms with Crippen molar-refractivity contribution in [2.75, 3.05) is 0 Å². The van der Waals surface area contributed by atoms with Gasteiger partial charge in [-0.05, 0) is 55.5 Å². The fourth-order valence-electron chi connectivity index (χ4n) is 5.06. The van der Waals surface area contributed by atoms with Gasteiger partial charge in [0.1, 0.15) is 17.4 Å². The Morgan fingerprint density at radius 2 is 1.70 bits per heavy atom. The van der Waals surface area contributed by atoms with Gasteiger partial charge in [0.25, 0.3) is 5.56 Å². The number of hydrogen-bond donors (Lipinski definition) is 1. The van der Waals surface area contributed by atoms with Crippen LogP contribution in [0.1, 0.15) is 51.2 Å². The summed E-state index contributed by atoms with van der Waals surface area (Å²) in [4.78, 5) is 33.0. The van der Waals surface area contributed by atoms with Crippen LogP contribution < -0.4 is 16.1 Å². The van der Waals surface area contributed by atoms with Crippen LogP contribution in [0.25, 0.3) is 33.6 Å². The van der Waals surface area contributed by atoms with E-state index in [1.165, 1.54) is 6.07 Å². The van der Waals surface area contributed by atoms with Gasteiger partial charge in [0.2, 0.25) is 0 Å². The summed E-state index contributed by atoms with van der Waals surface area (Å²) < 4.78 is 27.4. The summed E-state index contributed by atoms with van der Waals surface area (Å²) in [5, 5.41) is 3.83. The second-order valence-corrected chi connectivity index (χ2v) is 10.3. The van der Waals surface area contributed by atoms with Gasteiger partial charge in [-0.1, -0.05) is 67.5 Å². The average molecular weight is 608 g/mol. The Labute approximate surface area is 291 Å². The molecule has 0 fully saturated rings. The van der Waals surface area contributed by atoms with E-state index < -0.39 is 11.6 Å². The summed E-state index contributed by atoms with van der Waals surface area (Å²) in [5.41, 5.74) is 4.20. The molecule has 2 heterocycles. The van der Waals surface area contributed by atoms with Crippen molar-refractivity contribution < 1.29 is 13.7 Å². The van der Waals surface area contributed by atoms with E-state index in [0.717, 1.165) is 28.7 Å². The number of halogens is 1. The van der Waals surface area contributed by atoms with E-state index in [-0.39, 0.29) is 80.7 Å². The van der Waals surface area contributed by atoms with Crippen LogP contribution in [0, 0.1) is 5.82 Å². The Kier molecular flexibility index (Phi) is 11.1. The summed E-state index contributed by atoms with van der Waals surface area (Å²) in [6.45, 7) is 8.00. The molecule has 1 N–H and O–H groups in total. The molecule has 0 amide bonds. The van der Waals surface area contributed by atoms with Crippen molar-refractivity contribution in [2.24, 2.45) is 0 Å². The van der Waals surface area contributed by atoms with Gasteiger partial charge in [0.15, 0.2) is 5.82 Å². The molecular formula is C33H33FKN4O4. The molecular weight excluding hydrogens is 574 g/mol. The molecule has 10 heteroatoms. The minimum Gasteiger partial charge on any atom is -0.491 e. The first-order chi connectivity index (χ1) is 20.3. The van der Waals surface area contributed by atoms with Crippen LogP contribution >= 0.6 is 0 Å². The Bertz CT molecular complexity index is 1830. The molecule has 5 aromatic rings. The number of benzene rings is 3. The summed E-state index contributed by atoms with van der Waals surface area (Å²) in [5.74, 6) is 0.295. The molecule has 0 spiro atoms. The van der Waals surface area contributed by atoms with Crippen LogP contribution in [0.15, 0.2) is 80.8 Å². The number of nitrogens with one attached hydrogen (secondary N) is 1. The maximum absolute atomic E-state index is 15.4. The topological polar surface area (TPSA) is 103 Å². The summed E-state index contributed by atoms with van der Waals surface area (Å²) in [6, 6.07) is 20.0. The number of rotatable bonds is 10. The molecule has 5 rings (SSSR count). The largest absolute Gasteiger partial charge is 0.491 e. The molecule has 0 bridgehead atoms. The van der Waals surface area contributed by atoms with Gasteiger partial charge in [-0.3, -0.25) is 18.9 Å².